The number of aryl methyl sites for hydroxylation is 1. The van der Waals surface area contributed by atoms with E-state index in [9.17, 15) is 9.59 Å². The van der Waals surface area contributed by atoms with Gasteiger partial charge in [0.2, 0.25) is 0 Å². The van der Waals surface area contributed by atoms with Crippen LogP contribution in [0.4, 0.5) is 5.82 Å². The molecule has 1 aliphatic heterocycles. The lowest BCUT2D eigenvalue weighted by Crippen LogP contribution is -2.50. The number of fused-ring (bicyclic) bond motifs is 1. The molecule has 1 aliphatic rings. The number of aromatic amines is 1. The normalized spacial score (nSPS) is 13.6. The van der Waals surface area contributed by atoms with Crippen LogP contribution >= 0.6 is 0 Å². The highest BCUT2D eigenvalue weighted by molar-refractivity contribution is 6.22. The van der Waals surface area contributed by atoms with E-state index in [0.717, 1.165) is 27.8 Å². The number of amides is 2. The van der Waals surface area contributed by atoms with E-state index >= 15 is 0 Å². The molecule has 0 saturated carbocycles. The lowest BCUT2D eigenvalue weighted by Gasteiger charge is -2.35. The van der Waals surface area contributed by atoms with E-state index in [1.165, 1.54) is 0 Å². The number of hydrogen-bond donors (Lipinski definition) is 1. The summed E-state index contributed by atoms with van der Waals surface area (Å²) in [6, 6.07) is 9.22. The number of H-pyrrole nitrogens is 1. The van der Waals surface area contributed by atoms with Gasteiger partial charge in [-0.05, 0) is 24.6 Å². The zero-order chi connectivity index (χ0) is 26.1. The van der Waals surface area contributed by atoms with Gasteiger partial charge in [-0.2, -0.15) is 0 Å². The van der Waals surface area contributed by atoms with Crippen LogP contribution in [0.15, 0.2) is 61.7 Å². The van der Waals surface area contributed by atoms with Gasteiger partial charge in [-0.25, -0.2) is 9.97 Å². The van der Waals surface area contributed by atoms with Crippen LogP contribution in [0, 0.1) is 6.92 Å². The number of aromatic nitrogens is 4. The second-order valence-corrected chi connectivity index (χ2v) is 9.33. The van der Waals surface area contributed by atoms with Crippen LogP contribution in [0.25, 0.3) is 27.9 Å². The van der Waals surface area contributed by atoms with E-state index in [2.05, 4.69) is 26.5 Å². The molecule has 0 bridgehead atoms. The van der Waals surface area contributed by atoms with E-state index in [1.807, 2.05) is 56.3 Å². The van der Waals surface area contributed by atoms with Crippen molar-refractivity contribution in [2.75, 3.05) is 45.2 Å². The largest absolute Gasteiger partial charge is 0.361 e. The van der Waals surface area contributed by atoms with Crippen LogP contribution in [0.5, 0.6) is 0 Å². The first-order chi connectivity index (χ1) is 17.8. The number of carbonyl (C=O) groups excluding carboxylic acids is 2. The monoisotopic (exact) mass is 495 g/mol. The molecule has 5 rings (SSSR count). The molecule has 9 nitrogen and oxygen atoms in total. The molecule has 1 fully saturated rings. The predicted molar refractivity (Wildman–Crippen MR) is 144 cm³/mol. The van der Waals surface area contributed by atoms with Crippen LogP contribution in [0.2, 0.25) is 0 Å². The molecule has 0 aliphatic carbocycles. The summed E-state index contributed by atoms with van der Waals surface area (Å²) < 4.78 is 0. The molecule has 4 aromatic rings. The smallest absolute Gasteiger partial charge is 0.254 e. The standard InChI is InChI=1S/C28H29N7O2/c1-18-14-31-25(22-16-30-23(17-29-22)33(3)4)26-24(18)21(15-32-26)19(2)27(36)34-10-12-35(13-11-34)28(37)20-8-6-5-7-9-20/h5-9,14-17,32H,2,10-13H2,1,3-4H3. The second kappa shape index (κ2) is 9.85. The number of pyridine rings is 1. The third-order valence-electron chi connectivity index (χ3n) is 6.70. The van der Waals surface area contributed by atoms with Gasteiger partial charge in [0.15, 0.2) is 0 Å². The Morgan fingerprint density at radius 2 is 1.65 bits per heavy atom. The molecule has 188 valence electrons. The zero-order valence-electron chi connectivity index (χ0n) is 21.2. The maximum atomic E-state index is 13.4. The van der Waals surface area contributed by atoms with Crippen molar-refractivity contribution in [1.82, 2.24) is 29.7 Å². The Balaban J connectivity index is 1.35. The first-order valence-corrected chi connectivity index (χ1v) is 12.1. The van der Waals surface area contributed by atoms with Crippen LogP contribution in [0.3, 0.4) is 0 Å². The molecular formula is C28H29N7O2. The highest BCUT2D eigenvalue weighted by Crippen LogP contribution is 2.33. The van der Waals surface area contributed by atoms with Crippen molar-refractivity contribution < 1.29 is 9.59 Å². The highest BCUT2D eigenvalue weighted by Gasteiger charge is 2.28. The minimum absolute atomic E-state index is 0.0134. The number of nitrogens with one attached hydrogen (secondary N) is 1. The second-order valence-electron chi connectivity index (χ2n) is 9.33. The maximum Gasteiger partial charge on any atom is 0.254 e. The molecule has 1 saturated heterocycles. The van der Waals surface area contributed by atoms with Gasteiger partial charge in [-0.1, -0.05) is 24.8 Å². The molecule has 2 amide bonds. The van der Waals surface area contributed by atoms with Crippen molar-refractivity contribution in [3.63, 3.8) is 0 Å². The lowest BCUT2D eigenvalue weighted by molar-refractivity contribution is -0.126. The summed E-state index contributed by atoms with van der Waals surface area (Å²) in [6.07, 6.45) is 6.99. The van der Waals surface area contributed by atoms with Gasteiger partial charge in [-0.15, -0.1) is 0 Å². The zero-order valence-corrected chi connectivity index (χ0v) is 21.2. The Bertz CT molecular complexity index is 1470. The van der Waals surface area contributed by atoms with E-state index in [-0.39, 0.29) is 11.8 Å². The van der Waals surface area contributed by atoms with Crippen molar-refractivity contribution in [3.05, 3.63) is 78.4 Å². The summed E-state index contributed by atoms with van der Waals surface area (Å²) in [5.41, 5.74) is 4.82. The van der Waals surface area contributed by atoms with Gasteiger partial charge in [0.05, 0.1) is 17.9 Å². The van der Waals surface area contributed by atoms with E-state index in [0.29, 0.717) is 48.7 Å². The summed E-state index contributed by atoms with van der Waals surface area (Å²) in [7, 11) is 3.82. The van der Waals surface area contributed by atoms with Gasteiger partial charge in [0, 0.05) is 74.8 Å². The molecule has 9 heteroatoms. The molecule has 0 atom stereocenters. The first-order valence-electron chi connectivity index (χ1n) is 12.1. The Hall–Kier alpha value is -4.53. The van der Waals surface area contributed by atoms with E-state index < -0.39 is 0 Å². The van der Waals surface area contributed by atoms with Crippen LogP contribution in [-0.4, -0.2) is 81.8 Å². The highest BCUT2D eigenvalue weighted by atomic mass is 16.2. The Morgan fingerprint density at radius 3 is 2.30 bits per heavy atom. The summed E-state index contributed by atoms with van der Waals surface area (Å²) in [5, 5.41) is 0.889. The van der Waals surface area contributed by atoms with Crippen molar-refractivity contribution in [1.29, 1.82) is 0 Å². The fraction of sp³-hybridized carbons (Fsp3) is 0.250. The predicted octanol–water partition coefficient (Wildman–Crippen LogP) is 3.39. The Labute approximate surface area is 215 Å². The molecule has 3 aromatic heterocycles. The summed E-state index contributed by atoms with van der Waals surface area (Å²) in [4.78, 5) is 48.5. The number of piperazine rings is 1. The number of nitrogens with zero attached hydrogens (tertiary/aromatic N) is 6. The van der Waals surface area contributed by atoms with Gasteiger partial charge in [0.1, 0.15) is 17.2 Å². The molecule has 37 heavy (non-hydrogen) atoms. The number of hydrogen-bond acceptors (Lipinski definition) is 6. The molecule has 0 unspecified atom stereocenters. The minimum Gasteiger partial charge on any atom is -0.361 e. The van der Waals surface area contributed by atoms with Crippen molar-refractivity contribution >= 4 is 34.1 Å². The molecule has 0 spiro atoms. The van der Waals surface area contributed by atoms with Crippen LogP contribution < -0.4 is 4.90 Å². The molecule has 1 N–H and O–H groups in total. The lowest BCUT2D eigenvalue weighted by atomic mass is 10.0. The van der Waals surface area contributed by atoms with Gasteiger partial charge in [0.25, 0.3) is 11.8 Å². The van der Waals surface area contributed by atoms with Crippen molar-refractivity contribution in [2.45, 2.75) is 6.92 Å². The third kappa shape index (κ3) is 4.55. The molecule has 4 heterocycles. The van der Waals surface area contributed by atoms with E-state index in [4.69, 9.17) is 0 Å². The minimum atomic E-state index is -0.138. The van der Waals surface area contributed by atoms with Crippen molar-refractivity contribution in [2.24, 2.45) is 0 Å². The molecular weight excluding hydrogens is 466 g/mol. The van der Waals surface area contributed by atoms with Crippen LogP contribution in [-0.2, 0) is 4.79 Å². The third-order valence-corrected chi connectivity index (χ3v) is 6.70. The summed E-state index contributed by atoms with van der Waals surface area (Å²) in [5.74, 6) is 0.602. The number of anilines is 1. The van der Waals surface area contributed by atoms with E-state index in [1.54, 1.807) is 34.6 Å². The number of benzene rings is 1. The topological polar surface area (TPSA) is 98.3 Å². The first kappa shape index (κ1) is 24.2. The molecule has 1 aromatic carbocycles. The average Bonchev–Trinajstić information content (AvgIpc) is 3.39. The Morgan fingerprint density at radius 1 is 0.946 bits per heavy atom. The number of carbonyl (C=O) groups is 2. The fourth-order valence-electron chi connectivity index (χ4n) is 4.60. The summed E-state index contributed by atoms with van der Waals surface area (Å²) >= 11 is 0. The van der Waals surface area contributed by atoms with Crippen molar-refractivity contribution in [3.8, 4) is 11.4 Å². The van der Waals surface area contributed by atoms with Gasteiger partial charge >= 0.3 is 0 Å². The van der Waals surface area contributed by atoms with Gasteiger partial charge < -0.3 is 19.7 Å². The average molecular weight is 496 g/mol. The SMILES string of the molecule is C=C(C(=O)N1CCN(C(=O)c2ccccc2)CC1)c1c[nH]c2c(-c3cnc(N(C)C)cn3)ncc(C)c12. The van der Waals surface area contributed by atoms with Gasteiger partial charge in [-0.3, -0.25) is 14.6 Å². The summed E-state index contributed by atoms with van der Waals surface area (Å²) in [6.45, 7) is 7.99. The van der Waals surface area contributed by atoms with Crippen LogP contribution in [0.1, 0.15) is 21.5 Å². The Kier molecular flexibility index (Phi) is 6.43. The quantitative estimate of drug-likeness (QED) is 0.426. The number of rotatable bonds is 5. The fourth-order valence-corrected chi connectivity index (χ4v) is 4.60. The maximum absolute atomic E-state index is 13.4. The molecule has 0 radical (unpaired) electrons.